The van der Waals surface area contributed by atoms with Gasteiger partial charge in [-0.1, -0.05) is 6.07 Å². The molecule has 1 aromatic carbocycles. The first-order valence-corrected chi connectivity index (χ1v) is 8.06. The molecule has 0 radical (unpaired) electrons. The number of carbonyl (C=O) groups excluding carboxylic acids is 2. The van der Waals surface area contributed by atoms with Crippen molar-refractivity contribution in [1.29, 1.82) is 0 Å². The molecule has 2 heterocycles. The van der Waals surface area contributed by atoms with E-state index in [0.29, 0.717) is 30.1 Å². The lowest BCUT2D eigenvalue weighted by molar-refractivity contribution is -0.117. The molecular formula is C19H19N3O3. The van der Waals surface area contributed by atoms with E-state index in [4.69, 9.17) is 4.74 Å². The smallest absolute Gasteiger partial charge is 0.248 e. The number of methoxy groups -OCH3 is 1. The summed E-state index contributed by atoms with van der Waals surface area (Å²) in [5.41, 5.74) is 2.04. The Hall–Kier alpha value is -3.15. The zero-order chi connectivity index (χ0) is 17.6. The Bertz CT molecular complexity index is 803. The first-order chi connectivity index (χ1) is 12.2. The third-order valence-corrected chi connectivity index (χ3v) is 3.90. The second-order valence-electron chi connectivity index (χ2n) is 5.61. The lowest BCUT2D eigenvalue weighted by Gasteiger charge is -2.19. The van der Waals surface area contributed by atoms with E-state index in [0.717, 1.165) is 12.1 Å². The van der Waals surface area contributed by atoms with Gasteiger partial charge in [0.05, 0.1) is 18.5 Å². The highest BCUT2D eigenvalue weighted by Gasteiger charge is 2.24. The van der Waals surface area contributed by atoms with E-state index in [1.807, 2.05) is 18.2 Å². The molecule has 0 spiro atoms. The summed E-state index contributed by atoms with van der Waals surface area (Å²) in [6.45, 7) is 0.688. The zero-order valence-electron chi connectivity index (χ0n) is 13.9. The van der Waals surface area contributed by atoms with E-state index >= 15 is 0 Å². The molecular weight excluding hydrogens is 318 g/mol. The van der Waals surface area contributed by atoms with Crippen molar-refractivity contribution in [2.24, 2.45) is 0 Å². The van der Waals surface area contributed by atoms with E-state index in [9.17, 15) is 9.59 Å². The number of pyridine rings is 1. The molecule has 1 saturated heterocycles. The quantitative estimate of drug-likeness (QED) is 0.852. The molecule has 6 nitrogen and oxygen atoms in total. The summed E-state index contributed by atoms with van der Waals surface area (Å²) in [5, 5.41) is 2.78. The molecule has 1 aliphatic heterocycles. The number of nitrogens with one attached hydrogen (secondary N) is 1. The van der Waals surface area contributed by atoms with Crippen LogP contribution in [0.15, 0.2) is 48.7 Å². The highest BCUT2D eigenvalue weighted by atomic mass is 16.5. The Morgan fingerprint density at radius 2 is 2.20 bits per heavy atom. The molecule has 25 heavy (non-hydrogen) atoms. The van der Waals surface area contributed by atoms with Crippen molar-refractivity contribution in [1.82, 2.24) is 4.98 Å². The second-order valence-corrected chi connectivity index (χ2v) is 5.61. The predicted octanol–water partition coefficient (Wildman–Crippen LogP) is 2.87. The Morgan fingerprint density at radius 1 is 1.32 bits per heavy atom. The van der Waals surface area contributed by atoms with Crippen molar-refractivity contribution in [2.45, 2.75) is 12.8 Å². The Morgan fingerprint density at radius 3 is 2.88 bits per heavy atom. The molecule has 0 saturated carbocycles. The topological polar surface area (TPSA) is 71.5 Å². The summed E-state index contributed by atoms with van der Waals surface area (Å²) in [6, 6.07) is 10.8. The van der Waals surface area contributed by atoms with Gasteiger partial charge in [0.25, 0.3) is 0 Å². The normalized spacial score (nSPS) is 14.1. The van der Waals surface area contributed by atoms with Gasteiger partial charge in [0.2, 0.25) is 11.8 Å². The number of carbonyl (C=O) groups is 2. The zero-order valence-corrected chi connectivity index (χ0v) is 13.9. The number of benzene rings is 1. The lowest BCUT2D eigenvalue weighted by atomic mass is 10.2. The molecule has 128 valence electrons. The average Bonchev–Trinajstić information content (AvgIpc) is 3.06. The minimum atomic E-state index is -0.266. The molecule has 1 N–H and O–H groups in total. The standard InChI is InChI=1S/C19H19N3O3/c1-25-17-13-15(7-9-16(17)22-12-4-6-19(22)24)21-18(23)10-8-14-5-2-3-11-20-14/h2-3,5,7-11,13H,4,6,12H2,1H3,(H,21,23)/b10-8+. The Kier molecular flexibility index (Phi) is 5.09. The summed E-state index contributed by atoms with van der Waals surface area (Å²) in [5.74, 6) is 0.382. The monoisotopic (exact) mass is 337 g/mol. The fourth-order valence-electron chi connectivity index (χ4n) is 2.70. The van der Waals surface area contributed by atoms with Gasteiger partial charge in [0, 0.05) is 37.0 Å². The van der Waals surface area contributed by atoms with Crippen molar-refractivity contribution < 1.29 is 14.3 Å². The van der Waals surface area contributed by atoms with Crippen LogP contribution >= 0.6 is 0 Å². The van der Waals surface area contributed by atoms with Crippen molar-refractivity contribution in [3.63, 3.8) is 0 Å². The number of aromatic nitrogens is 1. The number of hydrogen-bond donors (Lipinski definition) is 1. The molecule has 0 bridgehead atoms. The van der Waals surface area contributed by atoms with Gasteiger partial charge in [-0.3, -0.25) is 14.6 Å². The maximum atomic E-state index is 12.0. The van der Waals surface area contributed by atoms with Crippen molar-refractivity contribution in [3.05, 3.63) is 54.4 Å². The van der Waals surface area contributed by atoms with E-state index in [2.05, 4.69) is 10.3 Å². The molecule has 0 aliphatic carbocycles. The molecule has 3 rings (SSSR count). The van der Waals surface area contributed by atoms with Crippen LogP contribution in [0, 0.1) is 0 Å². The number of anilines is 2. The summed E-state index contributed by atoms with van der Waals surface area (Å²) in [4.78, 5) is 29.8. The summed E-state index contributed by atoms with van der Waals surface area (Å²) in [7, 11) is 1.55. The largest absolute Gasteiger partial charge is 0.494 e. The van der Waals surface area contributed by atoms with Gasteiger partial charge in [-0.2, -0.15) is 0 Å². The van der Waals surface area contributed by atoms with Gasteiger partial charge in [-0.05, 0) is 36.8 Å². The highest BCUT2D eigenvalue weighted by Crippen LogP contribution is 2.33. The van der Waals surface area contributed by atoms with Gasteiger partial charge in [0.15, 0.2) is 0 Å². The van der Waals surface area contributed by atoms with Gasteiger partial charge < -0.3 is 15.0 Å². The summed E-state index contributed by atoms with van der Waals surface area (Å²) >= 11 is 0. The number of rotatable bonds is 5. The van der Waals surface area contributed by atoms with E-state index in [1.165, 1.54) is 6.08 Å². The molecule has 2 aromatic rings. The third kappa shape index (κ3) is 4.03. The van der Waals surface area contributed by atoms with E-state index in [-0.39, 0.29) is 11.8 Å². The van der Waals surface area contributed by atoms with Gasteiger partial charge in [0.1, 0.15) is 5.75 Å². The number of amides is 2. The Balaban J connectivity index is 1.71. The van der Waals surface area contributed by atoms with Crippen LogP contribution in [0.3, 0.4) is 0 Å². The summed E-state index contributed by atoms with van der Waals surface area (Å²) < 4.78 is 5.38. The number of hydrogen-bond acceptors (Lipinski definition) is 4. The molecule has 6 heteroatoms. The van der Waals surface area contributed by atoms with Crippen molar-refractivity contribution in [2.75, 3.05) is 23.9 Å². The SMILES string of the molecule is COc1cc(NC(=O)/C=C/c2ccccn2)ccc1N1CCCC1=O. The summed E-state index contributed by atoms with van der Waals surface area (Å²) in [6.07, 6.45) is 6.14. The van der Waals surface area contributed by atoms with E-state index < -0.39 is 0 Å². The fourth-order valence-corrected chi connectivity index (χ4v) is 2.70. The number of ether oxygens (including phenoxy) is 1. The molecule has 2 amide bonds. The highest BCUT2D eigenvalue weighted by molar-refractivity contribution is 6.02. The second kappa shape index (κ2) is 7.61. The van der Waals surface area contributed by atoms with Crippen molar-refractivity contribution in [3.8, 4) is 5.75 Å². The molecule has 0 atom stereocenters. The van der Waals surface area contributed by atoms with Crippen LogP contribution in [-0.4, -0.2) is 30.5 Å². The first kappa shape index (κ1) is 16.7. The van der Waals surface area contributed by atoms with Crippen LogP contribution < -0.4 is 15.0 Å². The van der Waals surface area contributed by atoms with E-state index in [1.54, 1.807) is 42.5 Å². The molecule has 1 aromatic heterocycles. The predicted molar refractivity (Wildman–Crippen MR) is 96.5 cm³/mol. The van der Waals surface area contributed by atoms with Gasteiger partial charge >= 0.3 is 0 Å². The Labute approximate surface area is 146 Å². The fraction of sp³-hybridized carbons (Fsp3) is 0.211. The van der Waals surface area contributed by atoms with Crippen LogP contribution in [0.1, 0.15) is 18.5 Å². The van der Waals surface area contributed by atoms with Crippen LogP contribution in [0.25, 0.3) is 6.08 Å². The molecule has 1 aliphatic rings. The maximum absolute atomic E-state index is 12.0. The van der Waals surface area contributed by atoms with Crippen molar-refractivity contribution >= 4 is 29.3 Å². The molecule has 1 fully saturated rings. The third-order valence-electron chi connectivity index (χ3n) is 3.90. The van der Waals surface area contributed by atoms with Gasteiger partial charge in [-0.25, -0.2) is 0 Å². The van der Waals surface area contributed by atoms with Crippen LogP contribution in [0.2, 0.25) is 0 Å². The maximum Gasteiger partial charge on any atom is 0.248 e. The van der Waals surface area contributed by atoms with Gasteiger partial charge in [-0.15, -0.1) is 0 Å². The van der Waals surface area contributed by atoms with Crippen LogP contribution in [0.4, 0.5) is 11.4 Å². The molecule has 0 unspecified atom stereocenters. The average molecular weight is 337 g/mol. The first-order valence-electron chi connectivity index (χ1n) is 8.06. The minimum Gasteiger partial charge on any atom is -0.494 e. The van der Waals surface area contributed by atoms with Crippen LogP contribution in [-0.2, 0) is 9.59 Å². The minimum absolute atomic E-state index is 0.0911. The lowest BCUT2D eigenvalue weighted by Crippen LogP contribution is -2.24. The van der Waals surface area contributed by atoms with Crippen LogP contribution in [0.5, 0.6) is 5.75 Å². The number of nitrogens with zero attached hydrogens (tertiary/aromatic N) is 2.